The number of nitrogens with zero attached hydrogens (tertiary/aromatic N) is 1. The van der Waals surface area contributed by atoms with E-state index in [0.717, 1.165) is 35.2 Å². The zero-order valence-corrected chi connectivity index (χ0v) is 23.6. The maximum absolute atomic E-state index is 13.1. The number of ether oxygens (including phenoxy) is 1. The van der Waals surface area contributed by atoms with Gasteiger partial charge in [0.05, 0.1) is 25.6 Å². The highest BCUT2D eigenvalue weighted by molar-refractivity contribution is 9.11. The second-order valence-electron chi connectivity index (χ2n) is 6.63. The van der Waals surface area contributed by atoms with E-state index in [4.69, 9.17) is 4.74 Å². The molecule has 1 aromatic heterocycles. The second kappa shape index (κ2) is 8.98. The van der Waals surface area contributed by atoms with Crippen molar-refractivity contribution in [3.05, 3.63) is 83.5 Å². The minimum absolute atomic E-state index is 0.234. The summed E-state index contributed by atoms with van der Waals surface area (Å²) < 4.78 is 11.6. The fraction of sp³-hybridized carbons (Fsp3) is 0. The Balaban J connectivity index is 1.88. The highest BCUT2D eigenvalue weighted by Crippen LogP contribution is 2.40. The molecule has 31 heavy (non-hydrogen) atoms. The third-order valence-corrected chi connectivity index (χ3v) is 7.32. The van der Waals surface area contributed by atoms with Gasteiger partial charge in [-0.05, 0) is 74.3 Å². The van der Waals surface area contributed by atoms with Crippen LogP contribution in [0.3, 0.4) is 0 Å². The van der Waals surface area contributed by atoms with Crippen LogP contribution < -0.4 is 4.74 Å². The van der Waals surface area contributed by atoms with E-state index >= 15 is 0 Å². The quantitative estimate of drug-likeness (QED) is 0.119. The zero-order chi connectivity index (χ0) is 22.4. The molecule has 0 fully saturated rings. The Hall–Kier alpha value is -1.19. The lowest BCUT2D eigenvalue weighted by molar-refractivity contribution is -0.128. The predicted molar refractivity (Wildman–Crippen MR) is 145 cm³/mol. The maximum Gasteiger partial charge on any atom is 0.343 e. The van der Waals surface area contributed by atoms with Gasteiger partial charge in [0.2, 0.25) is 0 Å². The highest BCUT2D eigenvalue weighted by Gasteiger charge is 2.22. The van der Waals surface area contributed by atoms with E-state index in [2.05, 4.69) is 92.8 Å². The van der Waals surface area contributed by atoms with E-state index in [1.807, 2.05) is 34.9 Å². The predicted octanol–water partition coefficient (Wildman–Crippen LogP) is 9.33. The number of aromatic nitrogens is 1. The molecule has 0 aliphatic heterocycles. The fourth-order valence-corrected chi connectivity index (χ4v) is 6.67. The van der Waals surface area contributed by atoms with Crippen molar-refractivity contribution in [3.8, 4) is 5.75 Å². The number of benzene rings is 3. The van der Waals surface area contributed by atoms with Gasteiger partial charge >= 0.3 is 5.97 Å². The Bertz CT molecular complexity index is 1400. The van der Waals surface area contributed by atoms with Crippen molar-refractivity contribution in [1.82, 2.24) is 4.57 Å². The zero-order valence-electron chi connectivity index (χ0n) is 15.7. The number of rotatable bonds is 4. The summed E-state index contributed by atoms with van der Waals surface area (Å²) in [5.41, 5.74) is 2.71. The van der Waals surface area contributed by atoms with Crippen LogP contribution >= 0.6 is 79.6 Å². The topological polar surface area (TPSA) is 31.2 Å². The number of carbonyl (C=O) groups is 1. The molecular weight excluding hydrogens is 722 g/mol. The van der Waals surface area contributed by atoms with E-state index < -0.39 is 5.97 Å². The van der Waals surface area contributed by atoms with Crippen molar-refractivity contribution in [2.24, 2.45) is 0 Å². The third kappa shape index (κ3) is 4.25. The molecule has 3 nitrogen and oxygen atoms in total. The summed E-state index contributed by atoms with van der Waals surface area (Å²) in [5.74, 6) is -0.168. The van der Waals surface area contributed by atoms with Crippen molar-refractivity contribution in [1.29, 1.82) is 0 Å². The smallest absolute Gasteiger partial charge is 0.343 e. The molecule has 4 rings (SSSR count). The summed E-state index contributed by atoms with van der Waals surface area (Å²) in [4.78, 5) is 13.1. The molecule has 1 heterocycles. The monoisotopic (exact) mass is 729 g/mol. The van der Waals surface area contributed by atoms with Gasteiger partial charge < -0.3 is 9.30 Å². The second-order valence-corrected chi connectivity index (χ2v) is 11.1. The molecule has 0 radical (unpaired) electrons. The first-order valence-electron chi connectivity index (χ1n) is 8.82. The van der Waals surface area contributed by atoms with Crippen LogP contribution in [0, 0.1) is 0 Å². The number of halogens is 5. The van der Waals surface area contributed by atoms with Gasteiger partial charge in [0.25, 0.3) is 0 Å². The van der Waals surface area contributed by atoms with Crippen LogP contribution in [0.5, 0.6) is 5.75 Å². The molecule has 3 aromatic carbocycles. The van der Waals surface area contributed by atoms with Gasteiger partial charge in [-0.2, -0.15) is 0 Å². The van der Waals surface area contributed by atoms with Crippen LogP contribution in [-0.4, -0.2) is 10.5 Å². The highest BCUT2D eigenvalue weighted by atomic mass is 79.9. The summed E-state index contributed by atoms with van der Waals surface area (Å²) in [6.45, 7) is 8.03. The van der Waals surface area contributed by atoms with Gasteiger partial charge in [-0.15, -0.1) is 0 Å². The Morgan fingerprint density at radius 3 is 2.13 bits per heavy atom. The molecule has 0 saturated heterocycles. The summed E-state index contributed by atoms with van der Waals surface area (Å²) in [6, 6.07) is 13.5. The van der Waals surface area contributed by atoms with Crippen molar-refractivity contribution >= 4 is 119 Å². The van der Waals surface area contributed by atoms with Gasteiger partial charge in [0.15, 0.2) is 5.75 Å². The van der Waals surface area contributed by atoms with Crippen LogP contribution in [0.4, 0.5) is 0 Å². The Morgan fingerprint density at radius 2 is 1.48 bits per heavy atom. The van der Waals surface area contributed by atoms with Gasteiger partial charge in [-0.1, -0.05) is 60.9 Å². The fourth-order valence-electron chi connectivity index (χ4n) is 3.43. The van der Waals surface area contributed by atoms with E-state index in [-0.39, 0.29) is 5.57 Å². The SMILES string of the molecule is C=Cn1c2ccc(Br)cc2c2cc(Br)cc(C(=C)C(=O)Oc3c(Br)cc(Br)cc3Br)c21. The van der Waals surface area contributed by atoms with E-state index in [9.17, 15) is 4.79 Å². The standard InChI is InChI=1S/C23H12Br5NO2/c1-3-29-20-5-4-12(24)6-16(20)17-8-13(25)7-15(21(17)29)11(2)23(30)31-22-18(27)9-14(26)10-19(22)28/h3-10H,1-2H2. The lowest BCUT2D eigenvalue weighted by Gasteiger charge is -2.13. The van der Waals surface area contributed by atoms with Crippen molar-refractivity contribution in [2.45, 2.75) is 0 Å². The molecule has 0 saturated carbocycles. The summed E-state index contributed by atoms with van der Waals surface area (Å²) >= 11 is 17.4. The van der Waals surface area contributed by atoms with Crippen LogP contribution in [0.1, 0.15) is 5.56 Å². The number of hydrogen-bond acceptors (Lipinski definition) is 2. The first-order chi connectivity index (χ1) is 14.7. The van der Waals surface area contributed by atoms with Crippen LogP contribution in [0.25, 0.3) is 33.6 Å². The average Bonchev–Trinajstić information content (AvgIpc) is 3.02. The molecule has 4 aromatic rings. The van der Waals surface area contributed by atoms with E-state index in [1.54, 1.807) is 18.3 Å². The van der Waals surface area contributed by atoms with Crippen molar-refractivity contribution in [2.75, 3.05) is 0 Å². The number of fused-ring (bicyclic) bond motifs is 3. The largest absolute Gasteiger partial charge is 0.421 e. The summed E-state index contributed by atoms with van der Waals surface area (Å²) in [7, 11) is 0. The molecule has 156 valence electrons. The Kier molecular flexibility index (Phi) is 6.66. The molecule has 0 aliphatic carbocycles. The van der Waals surface area contributed by atoms with Crippen molar-refractivity contribution in [3.63, 3.8) is 0 Å². The van der Waals surface area contributed by atoms with E-state index in [1.165, 1.54) is 0 Å². The number of hydrogen-bond donors (Lipinski definition) is 0. The van der Waals surface area contributed by atoms with Crippen LogP contribution in [0.15, 0.2) is 78.0 Å². The molecule has 0 amide bonds. The lowest BCUT2D eigenvalue weighted by atomic mass is 10.0. The first-order valence-corrected chi connectivity index (χ1v) is 12.8. The van der Waals surface area contributed by atoms with Gasteiger partial charge in [-0.25, -0.2) is 4.79 Å². The number of esters is 1. The average molecular weight is 734 g/mol. The van der Waals surface area contributed by atoms with Crippen molar-refractivity contribution < 1.29 is 9.53 Å². The molecular formula is C23H12Br5NO2. The Morgan fingerprint density at radius 1 is 0.871 bits per heavy atom. The third-order valence-electron chi connectivity index (χ3n) is 4.74. The molecule has 0 N–H and O–H groups in total. The molecule has 0 atom stereocenters. The van der Waals surface area contributed by atoms with E-state index in [0.29, 0.717) is 20.3 Å². The summed E-state index contributed by atoms with van der Waals surface area (Å²) in [5, 5.41) is 2.01. The molecule has 8 heteroatoms. The van der Waals surface area contributed by atoms with Gasteiger partial charge in [-0.3, -0.25) is 0 Å². The normalized spacial score (nSPS) is 11.1. The minimum atomic E-state index is -0.551. The molecule has 0 unspecified atom stereocenters. The molecule has 0 bridgehead atoms. The number of carbonyl (C=O) groups excluding carboxylic acids is 1. The maximum atomic E-state index is 13.1. The van der Waals surface area contributed by atoms with Crippen LogP contribution in [-0.2, 0) is 4.79 Å². The van der Waals surface area contributed by atoms with Gasteiger partial charge in [0.1, 0.15) is 0 Å². The molecule has 0 aliphatic rings. The first kappa shape index (κ1) is 23.0. The van der Waals surface area contributed by atoms with Crippen LogP contribution in [0.2, 0.25) is 0 Å². The minimum Gasteiger partial charge on any atom is -0.421 e. The molecule has 0 spiro atoms. The lowest BCUT2D eigenvalue weighted by Crippen LogP contribution is -2.11. The Labute approximate surface area is 220 Å². The van der Waals surface area contributed by atoms with Gasteiger partial charge in [0, 0.05) is 36.0 Å². The summed E-state index contributed by atoms with van der Waals surface area (Å²) in [6.07, 6.45) is 1.73.